The Balaban J connectivity index is 1.52. The summed E-state index contributed by atoms with van der Waals surface area (Å²) in [6.45, 7) is 3.30. The van der Waals surface area contributed by atoms with Gasteiger partial charge in [0.05, 0.1) is 0 Å². The van der Waals surface area contributed by atoms with Gasteiger partial charge in [-0.3, -0.25) is 0 Å². The van der Waals surface area contributed by atoms with Gasteiger partial charge in [-0.05, 0) is 63.1 Å². The molecule has 0 aromatic heterocycles. The first-order chi connectivity index (χ1) is 8.35. The molecule has 100 valence electrons. The minimum Gasteiger partial charge on any atom is -0.330 e. The highest BCUT2D eigenvalue weighted by Crippen LogP contribution is 2.38. The van der Waals surface area contributed by atoms with Gasteiger partial charge in [0.1, 0.15) is 0 Å². The van der Waals surface area contributed by atoms with Crippen molar-refractivity contribution in [1.82, 2.24) is 5.32 Å². The van der Waals surface area contributed by atoms with Crippen molar-refractivity contribution in [3.63, 3.8) is 0 Å². The number of hydrogen-bond donors (Lipinski definition) is 2. The number of rotatable bonds is 8. The van der Waals surface area contributed by atoms with Crippen molar-refractivity contribution in [2.45, 2.75) is 64.2 Å². The van der Waals surface area contributed by atoms with E-state index in [2.05, 4.69) is 5.32 Å². The summed E-state index contributed by atoms with van der Waals surface area (Å²) in [4.78, 5) is 0. The molecule has 0 radical (unpaired) electrons. The van der Waals surface area contributed by atoms with Crippen LogP contribution in [0.15, 0.2) is 0 Å². The molecule has 2 fully saturated rings. The first kappa shape index (κ1) is 13.4. The molecule has 2 nitrogen and oxygen atoms in total. The average molecular weight is 238 g/mol. The Bertz CT molecular complexity index is 205. The molecule has 2 heteroatoms. The van der Waals surface area contributed by atoms with Gasteiger partial charge in [-0.25, -0.2) is 0 Å². The third-order valence-electron chi connectivity index (χ3n) is 4.84. The van der Waals surface area contributed by atoms with Crippen LogP contribution in [0.5, 0.6) is 0 Å². The molecule has 2 aliphatic carbocycles. The van der Waals surface area contributed by atoms with Crippen LogP contribution in [0.3, 0.4) is 0 Å². The molecule has 0 heterocycles. The van der Waals surface area contributed by atoms with Gasteiger partial charge in [-0.2, -0.15) is 0 Å². The smallest absolute Gasteiger partial charge is 0.00201 e. The Morgan fingerprint density at radius 2 is 1.82 bits per heavy atom. The summed E-state index contributed by atoms with van der Waals surface area (Å²) in [6, 6.07) is 0. The maximum Gasteiger partial charge on any atom is -0.00201 e. The topological polar surface area (TPSA) is 38.0 Å². The lowest BCUT2D eigenvalue weighted by molar-refractivity contribution is 0.181. The van der Waals surface area contributed by atoms with Crippen molar-refractivity contribution in [1.29, 1.82) is 0 Å². The van der Waals surface area contributed by atoms with E-state index in [0.29, 0.717) is 5.41 Å². The van der Waals surface area contributed by atoms with E-state index in [1.807, 2.05) is 0 Å². The Kier molecular flexibility index (Phi) is 5.30. The molecule has 2 aliphatic rings. The lowest BCUT2D eigenvalue weighted by Crippen LogP contribution is -2.36. The van der Waals surface area contributed by atoms with E-state index in [9.17, 15) is 0 Å². The predicted molar refractivity (Wildman–Crippen MR) is 74.0 cm³/mol. The highest BCUT2D eigenvalue weighted by Gasteiger charge is 2.29. The number of hydrogen-bond acceptors (Lipinski definition) is 2. The van der Waals surface area contributed by atoms with Crippen LogP contribution in [0.25, 0.3) is 0 Å². The molecular formula is C15H30N2. The van der Waals surface area contributed by atoms with Crippen LogP contribution in [0.2, 0.25) is 0 Å². The first-order valence-corrected chi connectivity index (χ1v) is 7.75. The second kappa shape index (κ2) is 6.75. The summed E-state index contributed by atoms with van der Waals surface area (Å²) in [5, 5.41) is 3.62. The van der Waals surface area contributed by atoms with Crippen LogP contribution in [-0.2, 0) is 0 Å². The largest absolute Gasteiger partial charge is 0.330 e. The van der Waals surface area contributed by atoms with Gasteiger partial charge in [0.25, 0.3) is 0 Å². The molecule has 17 heavy (non-hydrogen) atoms. The summed E-state index contributed by atoms with van der Waals surface area (Å²) in [5.41, 5.74) is 6.49. The minimum absolute atomic E-state index is 0.488. The normalized spacial score (nSPS) is 23.8. The molecule has 0 aromatic carbocycles. The second-order valence-corrected chi connectivity index (χ2v) is 6.35. The van der Waals surface area contributed by atoms with Crippen molar-refractivity contribution in [3.05, 3.63) is 0 Å². The van der Waals surface area contributed by atoms with E-state index in [-0.39, 0.29) is 0 Å². The van der Waals surface area contributed by atoms with Crippen LogP contribution in [-0.4, -0.2) is 19.6 Å². The zero-order valence-electron chi connectivity index (χ0n) is 11.3. The van der Waals surface area contributed by atoms with Gasteiger partial charge in [-0.1, -0.05) is 32.1 Å². The van der Waals surface area contributed by atoms with Gasteiger partial charge in [-0.15, -0.1) is 0 Å². The SMILES string of the molecule is NCC1(CCNCCCC2CC2)CCCCC1. The van der Waals surface area contributed by atoms with Crippen LogP contribution >= 0.6 is 0 Å². The van der Waals surface area contributed by atoms with E-state index in [1.54, 1.807) is 0 Å². The maximum absolute atomic E-state index is 6.00. The molecular weight excluding hydrogens is 208 g/mol. The number of nitrogens with two attached hydrogens (primary N) is 1. The molecule has 0 aromatic rings. The fraction of sp³-hybridized carbons (Fsp3) is 1.00. The first-order valence-electron chi connectivity index (χ1n) is 7.75. The standard InChI is InChI=1S/C15H30N2/c16-13-15(8-2-1-3-9-15)10-12-17-11-4-5-14-6-7-14/h14,17H,1-13,16H2. The van der Waals surface area contributed by atoms with Gasteiger partial charge in [0.2, 0.25) is 0 Å². The molecule has 3 N–H and O–H groups in total. The summed E-state index contributed by atoms with van der Waals surface area (Å²) in [7, 11) is 0. The van der Waals surface area contributed by atoms with Crippen LogP contribution in [0.4, 0.5) is 0 Å². The summed E-state index contributed by atoms with van der Waals surface area (Å²) >= 11 is 0. The highest BCUT2D eigenvalue weighted by atomic mass is 14.8. The zero-order valence-corrected chi connectivity index (χ0v) is 11.3. The van der Waals surface area contributed by atoms with E-state index < -0.39 is 0 Å². The zero-order chi connectivity index (χ0) is 12.0. The van der Waals surface area contributed by atoms with E-state index in [0.717, 1.165) is 12.5 Å². The van der Waals surface area contributed by atoms with E-state index >= 15 is 0 Å². The van der Waals surface area contributed by atoms with Crippen molar-refractivity contribution in [2.24, 2.45) is 17.1 Å². The monoisotopic (exact) mass is 238 g/mol. The molecule has 2 rings (SSSR count). The molecule has 0 amide bonds. The molecule has 0 unspecified atom stereocenters. The van der Waals surface area contributed by atoms with Crippen molar-refractivity contribution in [2.75, 3.05) is 19.6 Å². The van der Waals surface area contributed by atoms with Gasteiger partial charge in [0.15, 0.2) is 0 Å². The fourth-order valence-electron chi connectivity index (χ4n) is 3.26. The van der Waals surface area contributed by atoms with E-state index in [1.165, 1.54) is 77.3 Å². The minimum atomic E-state index is 0.488. The summed E-state index contributed by atoms with van der Waals surface area (Å²) < 4.78 is 0. The van der Waals surface area contributed by atoms with Gasteiger partial charge in [0, 0.05) is 0 Å². The van der Waals surface area contributed by atoms with Crippen molar-refractivity contribution in [3.8, 4) is 0 Å². The third-order valence-corrected chi connectivity index (χ3v) is 4.84. The molecule has 0 spiro atoms. The fourth-order valence-corrected chi connectivity index (χ4v) is 3.26. The number of nitrogens with one attached hydrogen (secondary N) is 1. The average Bonchev–Trinajstić information content (AvgIpc) is 3.19. The van der Waals surface area contributed by atoms with Gasteiger partial charge < -0.3 is 11.1 Å². The Morgan fingerprint density at radius 1 is 1.06 bits per heavy atom. The molecule has 0 aliphatic heterocycles. The van der Waals surface area contributed by atoms with Crippen LogP contribution in [0, 0.1) is 11.3 Å². The lowest BCUT2D eigenvalue weighted by Gasteiger charge is -2.36. The maximum atomic E-state index is 6.00. The predicted octanol–water partition coefficient (Wildman–Crippen LogP) is 3.07. The molecule has 0 atom stereocenters. The van der Waals surface area contributed by atoms with Crippen molar-refractivity contribution >= 4 is 0 Å². The van der Waals surface area contributed by atoms with Gasteiger partial charge >= 0.3 is 0 Å². The third kappa shape index (κ3) is 4.59. The quantitative estimate of drug-likeness (QED) is 0.638. The van der Waals surface area contributed by atoms with Crippen LogP contribution in [0.1, 0.15) is 64.2 Å². The van der Waals surface area contributed by atoms with E-state index in [4.69, 9.17) is 5.73 Å². The molecule has 0 bridgehead atoms. The Morgan fingerprint density at radius 3 is 2.47 bits per heavy atom. The van der Waals surface area contributed by atoms with Crippen LogP contribution < -0.4 is 11.1 Å². The summed E-state index contributed by atoms with van der Waals surface area (Å²) in [5.74, 6) is 1.09. The second-order valence-electron chi connectivity index (χ2n) is 6.35. The van der Waals surface area contributed by atoms with Crippen molar-refractivity contribution < 1.29 is 0 Å². The molecule has 0 saturated heterocycles. The Hall–Kier alpha value is -0.0800. The lowest BCUT2D eigenvalue weighted by atomic mass is 9.72. The Labute approximate surface area is 107 Å². The highest BCUT2D eigenvalue weighted by molar-refractivity contribution is 4.84. The molecule has 2 saturated carbocycles. The summed E-state index contributed by atoms with van der Waals surface area (Å²) in [6.07, 6.45) is 14.1.